The van der Waals surface area contributed by atoms with E-state index >= 15 is 0 Å². The van der Waals surface area contributed by atoms with Crippen LogP contribution in [0, 0.1) is 0 Å². The lowest BCUT2D eigenvalue weighted by Gasteiger charge is -2.30. The first-order valence-electron chi connectivity index (χ1n) is 9.55. The van der Waals surface area contributed by atoms with E-state index in [1.165, 1.54) is 24.3 Å². The molecule has 7 heteroatoms. The van der Waals surface area contributed by atoms with Crippen LogP contribution in [0.25, 0.3) is 0 Å². The molecule has 1 amide bonds. The molecule has 7 nitrogen and oxygen atoms in total. The third-order valence-corrected chi connectivity index (χ3v) is 5.16. The molecule has 2 aromatic carbocycles. The van der Waals surface area contributed by atoms with Crippen LogP contribution >= 0.6 is 0 Å². The summed E-state index contributed by atoms with van der Waals surface area (Å²) in [4.78, 5) is 37.5. The van der Waals surface area contributed by atoms with Crippen LogP contribution in [0.1, 0.15) is 56.8 Å². The fourth-order valence-electron chi connectivity index (χ4n) is 3.60. The van der Waals surface area contributed by atoms with E-state index in [9.17, 15) is 24.6 Å². The van der Waals surface area contributed by atoms with Gasteiger partial charge in [-0.3, -0.25) is 14.4 Å². The van der Waals surface area contributed by atoms with Crippen molar-refractivity contribution in [3.8, 4) is 17.2 Å². The summed E-state index contributed by atoms with van der Waals surface area (Å²) in [6.07, 6.45) is 4.42. The summed E-state index contributed by atoms with van der Waals surface area (Å²) >= 11 is 0. The van der Waals surface area contributed by atoms with Gasteiger partial charge in [0.05, 0.1) is 22.7 Å². The van der Waals surface area contributed by atoms with Crippen molar-refractivity contribution < 1.29 is 29.3 Å². The summed E-state index contributed by atoms with van der Waals surface area (Å²) < 4.78 is 5.80. The second kappa shape index (κ2) is 9.23. The van der Waals surface area contributed by atoms with Crippen LogP contribution in [0.2, 0.25) is 0 Å². The maximum Gasteiger partial charge on any atom is 0.255 e. The number of aldehydes is 2. The minimum absolute atomic E-state index is 0.0300. The number of benzene rings is 2. The fourth-order valence-corrected chi connectivity index (χ4v) is 3.60. The molecule has 0 aliphatic carbocycles. The first kappa shape index (κ1) is 20.4. The van der Waals surface area contributed by atoms with Gasteiger partial charge in [-0.1, -0.05) is 25.0 Å². The van der Waals surface area contributed by atoms with E-state index in [2.05, 4.69) is 0 Å². The van der Waals surface area contributed by atoms with Crippen LogP contribution in [-0.4, -0.2) is 52.8 Å². The molecular weight excluding hydrogens is 374 g/mol. The van der Waals surface area contributed by atoms with Gasteiger partial charge in [0.1, 0.15) is 23.9 Å². The van der Waals surface area contributed by atoms with Crippen molar-refractivity contribution in [2.24, 2.45) is 0 Å². The average molecular weight is 397 g/mol. The number of aromatic hydroxyl groups is 2. The molecule has 1 heterocycles. The van der Waals surface area contributed by atoms with Crippen molar-refractivity contribution in [1.29, 1.82) is 0 Å². The minimum atomic E-state index is -0.343. The minimum Gasteiger partial charge on any atom is -0.507 e. The third-order valence-electron chi connectivity index (χ3n) is 5.16. The molecule has 0 spiro atoms. The molecule has 1 unspecified atom stereocenters. The first-order valence-corrected chi connectivity index (χ1v) is 9.55. The Kier molecular flexibility index (Phi) is 6.49. The SMILES string of the molecule is O=Cc1c(O)cccc1OCC1CCCCCN1C(=O)c1cccc(O)c1C=O. The summed E-state index contributed by atoms with van der Waals surface area (Å²) in [6, 6.07) is 8.72. The number of carbonyl (C=O) groups is 3. The molecule has 1 atom stereocenters. The maximum atomic E-state index is 13.2. The van der Waals surface area contributed by atoms with Crippen LogP contribution in [-0.2, 0) is 0 Å². The van der Waals surface area contributed by atoms with Crippen molar-refractivity contribution in [1.82, 2.24) is 4.90 Å². The lowest BCUT2D eigenvalue weighted by molar-refractivity contribution is 0.0615. The van der Waals surface area contributed by atoms with Crippen molar-refractivity contribution in [3.63, 3.8) is 0 Å². The number of phenolic OH excluding ortho intramolecular Hbond substituents is 2. The van der Waals surface area contributed by atoms with E-state index in [-0.39, 0.29) is 52.5 Å². The molecule has 3 rings (SSSR count). The van der Waals surface area contributed by atoms with Crippen molar-refractivity contribution >= 4 is 18.5 Å². The number of hydrogen-bond donors (Lipinski definition) is 2. The zero-order valence-electron chi connectivity index (χ0n) is 15.9. The van der Waals surface area contributed by atoms with Gasteiger partial charge >= 0.3 is 0 Å². The highest BCUT2D eigenvalue weighted by Gasteiger charge is 2.29. The number of ether oxygens (including phenoxy) is 1. The highest BCUT2D eigenvalue weighted by molar-refractivity contribution is 6.03. The zero-order valence-corrected chi connectivity index (χ0v) is 15.9. The number of carbonyl (C=O) groups excluding carboxylic acids is 3. The Morgan fingerprint density at radius 1 is 1.00 bits per heavy atom. The topological polar surface area (TPSA) is 104 Å². The molecule has 152 valence electrons. The second-order valence-electron chi connectivity index (χ2n) is 6.98. The van der Waals surface area contributed by atoms with Crippen LogP contribution < -0.4 is 4.74 Å². The quantitative estimate of drug-likeness (QED) is 0.726. The van der Waals surface area contributed by atoms with Gasteiger partial charge < -0.3 is 19.8 Å². The number of hydrogen-bond acceptors (Lipinski definition) is 6. The normalized spacial score (nSPS) is 16.7. The standard InChI is InChI=1S/C22H23NO6/c24-12-17-16(7-4-8-19(17)26)22(28)23-11-3-1-2-6-15(23)14-29-21-10-5-9-20(27)18(21)13-25/h4-5,7-10,12-13,15,26-27H,1-3,6,11,14H2. The molecule has 29 heavy (non-hydrogen) atoms. The van der Waals surface area contributed by atoms with Crippen LogP contribution in [0.4, 0.5) is 0 Å². The van der Waals surface area contributed by atoms with E-state index in [0.29, 0.717) is 25.5 Å². The molecule has 1 aliphatic rings. The Labute approximate surface area is 168 Å². The van der Waals surface area contributed by atoms with Gasteiger partial charge in [0.2, 0.25) is 0 Å². The number of likely N-dealkylation sites (tertiary alicyclic amines) is 1. The van der Waals surface area contributed by atoms with Crippen LogP contribution in [0.5, 0.6) is 17.2 Å². The lowest BCUT2D eigenvalue weighted by Crippen LogP contribution is -2.43. The first-order chi connectivity index (χ1) is 14.1. The predicted molar refractivity (Wildman–Crippen MR) is 106 cm³/mol. The molecule has 0 aromatic heterocycles. The Hall–Kier alpha value is -3.35. The van der Waals surface area contributed by atoms with Crippen molar-refractivity contribution in [2.45, 2.75) is 31.7 Å². The zero-order chi connectivity index (χ0) is 20.8. The molecule has 0 radical (unpaired) electrons. The Balaban J connectivity index is 1.84. The van der Waals surface area contributed by atoms with Gasteiger partial charge in [-0.15, -0.1) is 0 Å². The number of phenols is 2. The maximum absolute atomic E-state index is 13.2. The van der Waals surface area contributed by atoms with E-state index < -0.39 is 0 Å². The van der Waals surface area contributed by atoms with Crippen LogP contribution in [0.15, 0.2) is 36.4 Å². The average Bonchev–Trinajstić information content (AvgIpc) is 2.97. The molecule has 0 bridgehead atoms. The van der Waals surface area contributed by atoms with Gasteiger partial charge in [0.25, 0.3) is 5.91 Å². The summed E-state index contributed by atoms with van der Waals surface area (Å²) in [7, 11) is 0. The number of nitrogens with zero attached hydrogens (tertiary/aromatic N) is 1. The highest BCUT2D eigenvalue weighted by Crippen LogP contribution is 2.28. The lowest BCUT2D eigenvalue weighted by atomic mass is 10.0. The predicted octanol–water partition coefficient (Wildman–Crippen LogP) is 3.19. The third kappa shape index (κ3) is 4.39. The van der Waals surface area contributed by atoms with E-state index in [4.69, 9.17) is 4.74 Å². The Morgan fingerprint density at radius 3 is 2.41 bits per heavy atom. The van der Waals surface area contributed by atoms with Gasteiger partial charge in [0.15, 0.2) is 12.6 Å². The van der Waals surface area contributed by atoms with Gasteiger partial charge in [0, 0.05) is 6.54 Å². The van der Waals surface area contributed by atoms with Gasteiger partial charge in [-0.2, -0.15) is 0 Å². The fraction of sp³-hybridized carbons (Fsp3) is 0.318. The summed E-state index contributed by atoms with van der Waals surface area (Å²) in [5.74, 6) is -0.488. The number of amides is 1. The van der Waals surface area contributed by atoms with Crippen molar-refractivity contribution in [3.05, 3.63) is 53.1 Å². The molecule has 1 saturated heterocycles. The van der Waals surface area contributed by atoms with E-state index in [1.807, 2.05) is 0 Å². The summed E-state index contributed by atoms with van der Waals surface area (Å²) in [5, 5.41) is 19.7. The highest BCUT2D eigenvalue weighted by atomic mass is 16.5. The smallest absolute Gasteiger partial charge is 0.255 e. The monoisotopic (exact) mass is 397 g/mol. The molecule has 2 aromatic rings. The Bertz CT molecular complexity index is 910. The van der Waals surface area contributed by atoms with Gasteiger partial charge in [-0.25, -0.2) is 0 Å². The van der Waals surface area contributed by atoms with E-state index in [1.54, 1.807) is 17.0 Å². The van der Waals surface area contributed by atoms with Crippen molar-refractivity contribution in [2.75, 3.05) is 13.2 Å². The van der Waals surface area contributed by atoms with Gasteiger partial charge in [-0.05, 0) is 37.1 Å². The molecular formula is C22H23NO6. The van der Waals surface area contributed by atoms with Crippen LogP contribution in [0.3, 0.4) is 0 Å². The number of rotatable bonds is 6. The summed E-state index contributed by atoms with van der Waals surface area (Å²) in [5.41, 5.74) is 0.186. The second-order valence-corrected chi connectivity index (χ2v) is 6.98. The molecule has 1 fully saturated rings. The summed E-state index contributed by atoms with van der Waals surface area (Å²) in [6.45, 7) is 0.645. The molecule has 2 N–H and O–H groups in total. The Morgan fingerprint density at radius 2 is 1.69 bits per heavy atom. The van der Waals surface area contributed by atoms with E-state index in [0.717, 1.165) is 19.3 Å². The molecule has 0 saturated carbocycles. The molecule has 1 aliphatic heterocycles. The largest absolute Gasteiger partial charge is 0.507 e.